The topological polar surface area (TPSA) is 89.9 Å². The molecule has 4 rings (SSSR count). The maximum absolute atomic E-state index is 12.7. The van der Waals surface area contributed by atoms with Crippen LogP contribution in [0.25, 0.3) is 0 Å². The zero-order valence-electron chi connectivity index (χ0n) is 19.4. The van der Waals surface area contributed by atoms with E-state index in [2.05, 4.69) is 22.2 Å². The molecule has 1 unspecified atom stereocenters. The molecule has 1 atom stereocenters. The average Bonchev–Trinajstić information content (AvgIpc) is 3.32. The molecule has 9 heteroatoms. The van der Waals surface area contributed by atoms with Crippen LogP contribution in [0.2, 0.25) is 0 Å². The number of hydrogen-bond donors (Lipinski definition) is 0. The van der Waals surface area contributed by atoms with Crippen molar-refractivity contribution in [3.05, 3.63) is 59.7 Å². The fourth-order valence-corrected chi connectivity index (χ4v) is 3.86. The van der Waals surface area contributed by atoms with Crippen molar-refractivity contribution in [3.63, 3.8) is 0 Å². The SMILES string of the molecule is C/C(=N/OCC(=O)OC(C)C(=O)N1CCN(Cc2ccccc2)CC1)c1ccc2c(c1)OCO2. The summed E-state index contributed by atoms with van der Waals surface area (Å²) in [5.74, 6) is 0.468. The van der Waals surface area contributed by atoms with E-state index < -0.39 is 12.1 Å². The first-order valence-corrected chi connectivity index (χ1v) is 11.3. The predicted molar refractivity (Wildman–Crippen MR) is 125 cm³/mol. The van der Waals surface area contributed by atoms with Gasteiger partial charge in [-0.3, -0.25) is 9.69 Å². The number of carbonyl (C=O) groups excluding carboxylic acids is 2. The second-order valence-electron chi connectivity index (χ2n) is 8.24. The highest BCUT2D eigenvalue weighted by molar-refractivity contribution is 5.99. The molecule has 0 spiro atoms. The number of nitrogens with zero attached hydrogens (tertiary/aromatic N) is 3. The van der Waals surface area contributed by atoms with Crippen molar-refractivity contribution in [1.29, 1.82) is 0 Å². The van der Waals surface area contributed by atoms with Crippen LogP contribution in [0, 0.1) is 0 Å². The lowest BCUT2D eigenvalue weighted by Crippen LogP contribution is -2.51. The molecule has 0 bridgehead atoms. The first-order chi connectivity index (χ1) is 16.5. The van der Waals surface area contributed by atoms with Gasteiger partial charge in [0, 0.05) is 38.3 Å². The third-order valence-electron chi connectivity index (χ3n) is 5.76. The molecular weight excluding hydrogens is 438 g/mol. The number of piperazine rings is 1. The minimum absolute atomic E-state index is 0.192. The molecule has 9 nitrogen and oxygen atoms in total. The molecule has 2 aromatic carbocycles. The highest BCUT2D eigenvalue weighted by Gasteiger charge is 2.27. The molecule has 0 aliphatic carbocycles. The molecule has 1 saturated heterocycles. The molecule has 180 valence electrons. The van der Waals surface area contributed by atoms with Crippen molar-refractivity contribution in [2.24, 2.45) is 5.16 Å². The standard InChI is InChI=1S/C25H29N3O6/c1-18(21-8-9-22-23(14-21)32-17-31-22)26-33-16-24(29)34-19(2)25(30)28-12-10-27(11-13-28)15-20-6-4-3-5-7-20/h3-9,14,19H,10-13,15-17H2,1-2H3/b26-18-. The summed E-state index contributed by atoms with van der Waals surface area (Å²) in [5, 5.41) is 3.96. The molecule has 1 fully saturated rings. The Hall–Kier alpha value is -3.59. The van der Waals surface area contributed by atoms with Crippen molar-refractivity contribution in [2.75, 3.05) is 39.6 Å². The third-order valence-corrected chi connectivity index (χ3v) is 5.76. The normalized spacial score (nSPS) is 16.8. The van der Waals surface area contributed by atoms with Gasteiger partial charge in [0.05, 0.1) is 5.71 Å². The van der Waals surface area contributed by atoms with E-state index in [1.807, 2.05) is 24.3 Å². The molecule has 0 aromatic heterocycles. The van der Waals surface area contributed by atoms with Gasteiger partial charge in [-0.15, -0.1) is 0 Å². The highest BCUT2D eigenvalue weighted by Crippen LogP contribution is 2.32. The number of amides is 1. The summed E-state index contributed by atoms with van der Waals surface area (Å²) < 4.78 is 15.9. The first-order valence-electron chi connectivity index (χ1n) is 11.3. The maximum atomic E-state index is 12.7. The van der Waals surface area contributed by atoms with Crippen molar-refractivity contribution in [3.8, 4) is 11.5 Å². The van der Waals surface area contributed by atoms with Gasteiger partial charge in [-0.2, -0.15) is 0 Å². The fourth-order valence-electron chi connectivity index (χ4n) is 3.86. The van der Waals surface area contributed by atoms with Crippen molar-refractivity contribution >= 4 is 17.6 Å². The van der Waals surface area contributed by atoms with Crippen LogP contribution in [0.1, 0.15) is 25.0 Å². The molecule has 0 saturated carbocycles. The van der Waals surface area contributed by atoms with Gasteiger partial charge in [0.25, 0.3) is 5.91 Å². The van der Waals surface area contributed by atoms with E-state index >= 15 is 0 Å². The molecule has 34 heavy (non-hydrogen) atoms. The van der Waals surface area contributed by atoms with Crippen LogP contribution in [0.5, 0.6) is 11.5 Å². The van der Waals surface area contributed by atoms with E-state index in [1.54, 1.807) is 30.9 Å². The van der Waals surface area contributed by atoms with Crippen LogP contribution in [0.3, 0.4) is 0 Å². The lowest BCUT2D eigenvalue weighted by atomic mass is 10.1. The summed E-state index contributed by atoms with van der Waals surface area (Å²) in [6, 6.07) is 15.7. The Morgan fingerprint density at radius 1 is 1.03 bits per heavy atom. The van der Waals surface area contributed by atoms with Crippen LogP contribution >= 0.6 is 0 Å². The average molecular weight is 468 g/mol. The second kappa shape index (κ2) is 11.0. The van der Waals surface area contributed by atoms with E-state index in [0.29, 0.717) is 30.3 Å². The fraction of sp³-hybridized carbons (Fsp3) is 0.400. The second-order valence-corrected chi connectivity index (χ2v) is 8.24. The van der Waals surface area contributed by atoms with Gasteiger partial charge in [-0.05, 0) is 37.6 Å². The Balaban J connectivity index is 1.18. The van der Waals surface area contributed by atoms with Gasteiger partial charge in [0.2, 0.25) is 13.4 Å². The number of esters is 1. The Morgan fingerprint density at radius 3 is 2.53 bits per heavy atom. The Morgan fingerprint density at radius 2 is 1.76 bits per heavy atom. The van der Waals surface area contributed by atoms with E-state index in [1.165, 1.54) is 5.56 Å². The molecule has 2 aliphatic heterocycles. The number of oxime groups is 1. The quantitative estimate of drug-likeness (QED) is 0.335. The van der Waals surface area contributed by atoms with Gasteiger partial charge in [-0.25, -0.2) is 4.79 Å². The summed E-state index contributed by atoms with van der Waals surface area (Å²) in [5.41, 5.74) is 2.61. The monoisotopic (exact) mass is 467 g/mol. The predicted octanol–water partition coefficient (Wildman–Crippen LogP) is 2.43. The van der Waals surface area contributed by atoms with Gasteiger partial charge in [0.1, 0.15) is 0 Å². The highest BCUT2D eigenvalue weighted by atomic mass is 16.7. The smallest absolute Gasteiger partial charge is 0.347 e. The van der Waals surface area contributed by atoms with Crippen LogP contribution < -0.4 is 9.47 Å². The molecule has 1 amide bonds. The summed E-state index contributed by atoms with van der Waals surface area (Å²) in [4.78, 5) is 34.0. The summed E-state index contributed by atoms with van der Waals surface area (Å²) >= 11 is 0. The summed E-state index contributed by atoms with van der Waals surface area (Å²) in [7, 11) is 0. The largest absolute Gasteiger partial charge is 0.454 e. The van der Waals surface area contributed by atoms with E-state index in [4.69, 9.17) is 19.0 Å². The minimum atomic E-state index is -0.879. The molecule has 2 aromatic rings. The molecule has 2 heterocycles. The Labute approximate surface area is 198 Å². The number of hydrogen-bond acceptors (Lipinski definition) is 8. The third kappa shape index (κ3) is 6.05. The van der Waals surface area contributed by atoms with Crippen LogP contribution in [-0.2, 0) is 25.7 Å². The summed E-state index contributed by atoms with van der Waals surface area (Å²) in [6.45, 7) is 6.76. The zero-order valence-corrected chi connectivity index (χ0v) is 19.4. The molecule has 0 radical (unpaired) electrons. The van der Waals surface area contributed by atoms with Gasteiger partial charge < -0.3 is 23.9 Å². The van der Waals surface area contributed by atoms with Crippen LogP contribution in [0.15, 0.2) is 53.7 Å². The van der Waals surface area contributed by atoms with Crippen LogP contribution in [0.4, 0.5) is 0 Å². The van der Waals surface area contributed by atoms with Crippen molar-refractivity contribution < 1.29 is 28.6 Å². The van der Waals surface area contributed by atoms with Gasteiger partial charge in [0.15, 0.2) is 17.6 Å². The first kappa shape index (κ1) is 23.6. The van der Waals surface area contributed by atoms with Crippen molar-refractivity contribution in [2.45, 2.75) is 26.5 Å². The van der Waals surface area contributed by atoms with Gasteiger partial charge >= 0.3 is 5.97 Å². The summed E-state index contributed by atoms with van der Waals surface area (Å²) in [6.07, 6.45) is -0.879. The lowest BCUT2D eigenvalue weighted by Gasteiger charge is -2.35. The number of fused-ring (bicyclic) bond motifs is 1. The van der Waals surface area contributed by atoms with E-state index in [0.717, 1.165) is 25.2 Å². The number of ether oxygens (including phenoxy) is 3. The Kier molecular flexibility index (Phi) is 7.64. The van der Waals surface area contributed by atoms with E-state index in [-0.39, 0.29) is 19.3 Å². The molecular formula is C25H29N3O6. The van der Waals surface area contributed by atoms with E-state index in [9.17, 15) is 9.59 Å². The van der Waals surface area contributed by atoms with Crippen molar-refractivity contribution in [1.82, 2.24) is 9.80 Å². The number of rotatable bonds is 8. The van der Waals surface area contributed by atoms with Crippen LogP contribution in [-0.4, -0.2) is 73.1 Å². The maximum Gasteiger partial charge on any atom is 0.347 e. The lowest BCUT2D eigenvalue weighted by molar-refractivity contribution is -0.163. The number of carbonyl (C=O) groups is 2. The minimum Gasteiger partial charge on any atom is -0.454 e. The molecule has 2 aliphatic rings. The van der Waals surface area contributed by atoms with Gasteiger partial charge in [-0.1, -0.05) is 35.5 Å². The molecule has 0 N–H and O–H groups in total. The zero-order chi connectivity index (χ0) is 23.9. The Bertz CT molecular complexity index is 1030. The number of benzene rings is 2.